The first-order valence-corrected chi connectivity index (χ1v) is 8.90. The van der Waals surface area contributed by atoms with Crippen LogP contribution in [0.5, 0.6) is 28.7 Å². The van der Waals surface area contributed by atoms with E-state index in [1.165, 1.54) is 0 Å². The predicted octanol–water partition coefficient (Wildman–Crippen LogP) is 4.88. The largest absolute Gasteiger partial charge is 0.484 e. The summed E-state index contributed by atoms with van der Waals surface area (Å²) >= 11 is 6.07. The first-order valence-electron chi connectivity index (χ1n) is 8.52. The second-order valence-corrected chi connectivity index (χ2v) is 6.34. The SMILES string of the molecule is O=C(COc1ccc2c(c1)OCO2)Nc1cc(Cl)ccc1Oc1ccccc1. The van der Waals surface area contributed by atoms with Gasteiger partial charge in [0.05, 0.1) is 5.69 Å². The molecule has 0 unspecified atom stereocenters. The van der Waals surface area contributed by atoms with Gasteiger partial charge in [0.1, 0.15) is 11.5 Å². The maximum Gasteiger partial charge on any atom is 0.262 e. The lowest BCUT2D eigenvalue weighted by atomic mass is 10.2. The summed E-state index contributed by atoms with van der Waals surface area (Å²) in [5.74, 6) is 2.53. The predicted molar refractivity (Wildman–Crippen MR) is 105 cm³/mol. The highest BCUT2D eigenvalue weighted by atomic mass is 35.5. The number of halogens is 1. The van der Waals surface area contributed by atoms with E-state index in [9.17, 15) is 4.79 Å². The van der Waals surface area contributed by atoms with Crippen molar-refractivity contribution >= 4 is 23.2 Å². The summed E-state index contributed by atoms with van der Waals surface area (Å²) < 4.78 is 21.9. The highest BCUT2D eigenvalue weighted by Crippen LogP contribution is 2.35. The van der Waals surface area contributed by atoms with Crippen molar-refractivity contribution in [2.24, 2.45) is 0 Å². The second-order valence-electron chi connectivity index (χ2n) is 5.91. The summed E-state index contributed by atoms with van der Waals surface area (Å²) in [7, 11) is 0. The summed E-state index contributed by atoms with van der Waals surface area (Å²) in [6, 6.07) is 19.4. The Morgan fingerprint density at radius 2 is 1.79 bits per heavy atom. The van der Waals surface area contributed by atoms with Crippen LogP contribution in [0.25, 0.3) is 0 Å². The molecular weight excluding hydrogens is 382 g/mol. The second kappa shape index (κ2) is 8.10. The van der Waals surface area contributed by atoms with E-state index < -0.39 is 0 Å². The number of amides is 1. The number of fused-ring (bicyclic) bond motifs is 1. The van der Waals surface area contributed by atoms with Crippen LogP contribution in [0.2, 0.25) is 5.02 Å². The van der Waals surface area contributed by atoms with Gasteiger partial charge in [-0.2, -0.15) is 0 Å². The zero-order valence-corrected chi connectivity index (χ0v) is 15.4. The minimum Gasteiger partial charge on any atom is -0.484 e. The van der Waals surface area contributed by atoms with Crippen LogP contribution >= 0.6 is 11.6 Å². The monoisotopic (exact) mass is 397 g/mol. The Labute approximate surface area is 166 Å². The van der Waals surface area contributed by atoms with Crippen molar-refractivity contribution in [3.05, 3.63) is 71.8 Å². The standard InChI is InChI=1S/C21H16ClNO5/c22-14-6-8-18(28-15-4-2-1-3-5-15)17(10-14)23-21(24)12-25-16-7-9-19-20(11-16)27-13-26-19/h1-11H,12-13H2,(H,23,24). The number of nitrogens with one attached hydrogen (secondary N) is 1. The van der Waals surface area contributed by atoms with Gasteiger partial charge >= 0.3 is 0 Å². The molecule has 0 fully saturated rings. The molecular formula is C21H16ClNO5. The van der Waals surface area contributed by atoms with Gasteiger partial charge in [-0.3, -0.25) is 4.79 Å². The Kier molecular flexibility index (Phi) is 5.21. The molecule has 142 valence electrons. The Bertz CT molecular complexity index is 993. The molecule has 0 aliphatic carbocycles. The van der Waals surface area contributed by atoms with Crippen LogP contribution in [0.1, 0.15) is 0 Å². The molecule has 1 aliphatic heterocycles. The summed E-state index contributed by atoms with van der Waals surface area (Å²) in [5, 5.41) is 3.24. The molecule has 0 bridgehead atoms. The number of carbonyl (C=O) groups excluding carboxylic acids is 1. The van der Waals surface area contributed by atoms with Crippen molar-refractivity contribution in [1.82, 2.24) is 0 Å². The average molecular weight is 398 g/mol. The Balaban J connectivity index is 1.41. The number of hydrogen-bond donors (Lipinski definition) is 1. The van der Waals surface area contributed by atoms with Gasteiger partial charge in [-0.05, 0) is 42.5 Å². The van der Waals surface area contributed by atoms with Gasteiger partial charge in [0.2, 0.25) is 6.79 Å². The summed E-state index contributed by atoms with van der Waals surface area (Å²) in [5.41, 5.74) is 0.454. The van der Waals surface area contributed by atoms with E-state index in [4.69, 9.17) is 30.5 Å². The molecule has 4 rings (SSSR count). The number of hydrogen-bond acceptors (Lipinski definition) is 5. The molecule has 1 amide bonds. The Hall–Kier alpha value is -3.38. The van der Waals surface area contributed by atoms with Gasteiger partial charge in [-0.25, -0.2) is 0 Å². The number of benzene rings is 3. The van der Waals surface area contributed by atoms with Crippen molar-refractivity contribution < 1.29 is 23.7 Å². The van der Waals surface area contributed by atoms with Crippen LogP contribution in [-0.2, 0) is 4.79 Å². The lowest BCUT2D eigenvalue weighted by molar-refractivity contribution is -0.118. The maximum absolute atomic E-state index is 12.3. The number of carbonyl (C=O) groups is 1. The third kappa shape index (κ3) is 4.29. The van der Waals surface area contributed by atoms with Crippen LogP contribution in [0, 0.1) is 0 Å². The fourth-order valence-corrected chi connectivity index (χ4v) is 2.78. The molecule has 0 saturated carbocycles. The Morgan fingerprint density at radius 3 is 2.64 bits per heavy atom. The third-order valence-electron chi connectivity index (χ3n) is 3.90. The highest BCUT2D eigenvalue weighted by Gasteiger charge is 2.15. The van der Waals surface area contributed by atoms with Gasteiger partial charge < -0.3 is 24.3 Å². The summed E-state index contributed by atoms with van der Waals surface area (Å²) in [6.07, 6.45) is 0. The maximum atomic E-state index is 12.3. The van der Waals surface area contributed by atoms with E-state index >= 15 is 0 Å². The molecule has 1 N–H and O–H groups in total. The molecule has 3 aromatic rings. The smallest absolute Gasteiger partial charge is 0.262 e. The van der Waals surface area contributed by atoms with Gasteiger partial charge in [-0.15, -0.1) is 0 Å². The fraction of sp³-hybridized carbons (Fsp3) is 0.0952. The van der Waals surface area contributed by atoms with E-state index in [0.29, 0.717) is 39.5 Å². The summed E-state index contributed by atoms with van der Waals surface area (Å²) in [6.45, 7) is -0.00480. The lowest BCUT2D eigenvalue weighted by Gasteiger charge is -2.13. The van der Waals surface area contributed by atoms with Gasteiger partial charge in [0, 0.05) is 11.1 Å². The number of anilines is 1. The molecule has 0 radical (unpaired) electrons. The van der Waals surface area contributed by atoms with Gasteiger partial charge in [0.25, 0.3) is 5.91 Å². The normalized spacial score (nSPS) is 11.8. The molecule has 1 aliphatic rings. The van der Waals surface area contributed by atoms with Crippen molar-refractivity contribution in [3.63, 3.8) is 0 Å². The molecule has 0 atom stereocenters. The molecule has 0 saturated heterocycles. The Morgan fingerprint density at radius 1 is 0.964 bits per heavy atom. The molecule has 6 nitrogen and oxygen atoms in total. The first kappa shape index (κ1) is 18.0. The zero-order valence-electron chi connectivity index (χ0n) is 14.7. The molecule has 3 aromatic carbocycles. The molecule has 28 heavy (non-hydrogen) atoms. The first-order chi connectivity index (χ1) is 13.7. The van der Waals surface area contributed by atoms with Crippen molar-refractivity contribution in [2.45, 2.75) is 0 Å². The van der Waals surface area contributed by atoms with Crippen molar-refractivity contribution in [2.75, 3.05) is 18.7 Å². The third-order valence-corrected chi connectivity index (χ3v) is 4.14. The zero-order chi connectivity index (χ0) is 19.3. The van der Waals surface area contributed by atoms with Crippen LogP contribution < -0.4 is 24.3 Å². The van der Waals surface area contributed by atoms with E-state index in [2.05, 4.69) is 5.32 Å². The molecule has 1 heterocycles. The van der Waals surface area contributed by atoms with Crippen LogP contribution in [0.15, 0.2) is 66.7 Å². The average Bonchev–Trinajstić information content (AvgIpc) is 3.17. The van der Waals surface area contributed by atoms with Crippen LogP contribution in [-0.4, -0.2) is 19.3 Å². The van der Waals surface area contributed by atoms with Gasteiger partial charge in [-0.1, -0.05) is 29.8 Å². The number of ether oxygens (including phenoxy) is 4. The van der Waals surface area contributed by atoms with Crippen LogP contribution in [0.3, 0.4) is 0 Å². The lowest BCUT2D eigenvalue weighted by Crippen LogP contribution is -2.20. The topological polar surface area (TPSA) is 66.0 Å². The van der Waals surface area contributed by atoms with Crippen molar-refractivity contribution in [3.8, 4) is 28.7 Å². The minimum atomic E-state index is -0.349. The van der Waals surface area contributed by atoms with Crippen molar-refractivity contribution in [1.29, 1.82) is 0 Å². The van der Waals surface area contributed by atoms with Crippen LogP contribution in [0.4, 0.5) is 5.69 Å². The van der Waals surface area contributed by atoms with E-state index in [1.54, 1.807) is 36.4 Å². The van der Waals surface area contributed by atoms with E-state index in [1.807, 2.05) is 30.3 Å². The number of para-hydroxylation sites is 1. The summed E-state index contributed by atoms with van der Waals surface area (Å²) in [4.78, 5) is 12.3. The van der Waals surface area contributed by atoms with E-state index in [-0.39, 0.29) is 19.3 Å². The highest BCUT2D eigenvalue weighted by molar-refractivity contribution is 6.31. The molecule has 0 spiro atoms. The minimum absolute atomic E-state index is 0.179. The van der Waals surface area contributed by atoms with E-state index in [0.717, 1.165) is 0 Å². The molecule has 7 heteroatoms. The number of rotatable bonds is 6. The molecule has 0 aromatic heterocycles. The van der Waals surface area contributed by atoms with Gasteiger partial charge in [0.15, 0.2) is 23.9 Å². The fourth-order valence-electron chi connectivity index (χ4n) is 2.61. The quantitative estimate of drug-likeness (QED) is 0.642.